The summed E-state index contributed by atoms with van der Waals surface area (Å²) in [6.45, 7) is 7.95. The van der Waals surface area contributed by atoms with Crippen molar-refractivity contribution in [2.45, 2.75) is 33.6 Å². The molecule has 0 aliphatic carbocycles. The Morgan fingerprint density at radius 1 is 1.44 bits per heavy atom. The molecular formula is C14H23N3O. The van der Waals surface area contributed by atoms with Gasteiger partial charge < -0.3 is 10.6 Å². The molecule has 1 rings (SSSR count). The highest BCUT2D eigenvalue weighted by atomic mass is 16.1. The molecule has 0 radical (unpaired) electrons. The summed E-state index contributed by atoms with van der Waals surface area (Å²) in [5.41, 5.74) is 0.660. The number of carbonyl (C=O) groups excluding carboxylic acids is 1. The van der Waals surface area contributed by atoms with Gasteiger partial charge in [-0.1, -0.05) is 27.2 Å². The number of anilines is 1. The second kappa shape index (κ2) is 7.69. The van der Waals surface area contributed by atoms with Gasteiger partial charge in [0.15, 0.2) is 0 Å². The molecule has 0 aromatic carbocycles. The first-order chi connectivity index (χ1) is 8.63. The van der Waals surface area contributed by atoms with Crippen LogP contribution in [0.2, 0.25) is 0 Å². The molecule has 0 spiro atoms. The molecule has 0 fully saturated rings. The molecule has 4 nitrogen and oxygen atoms in total. The largest absolute Gasteiger partial charge is 0.370 e. The van der Waals surface area contributed by atoms with Crippen LogP contribution in [0.4, 0.5) is 5.82 Å². The Kier molecular flexibility index (Phi) is 6.19. The average Bonchev–Trinajstić information content (AvgIpc) is 2.37. The van der Waals surface area contributed by atoms with Crippen LogP contribution < -0.4 is 10.6 Å². The van der Waals surface area contributed by atoms with E-state index in [1.54, 1.807) is 18.3 Å². The average molecular weight is 249 g/mol. The fourth-order valence-corrected chi connectivity index (χ4v) is 1.46. The number of pyridine rings is 1. The molecule has 4 heteroatoms. The summed E-state index contributed by atoms with van der Waals surface area (Å²) in [5, 5.41) is 6.11. The standard InChI is InChI=1S/C14H23N3O/c1-4-5-7-16-14(18)12-6-8-15-13(9-12)17-10-11(2)3/h6,8-9,11H,4-5,7,10H2,1-3H3,(H,15,17)(H,16,18). The van der Waals surface area contributed by atoms with Crippen LogP contribution in [0.25, 0.3) is 0 Å². The molecule has 0 aliphatic rings. The lowest BCUT2D eigenvalue weighted by Crippen LogP contribution is -2.24. The molecule has 1 aromatic rings. The second-order valence-corrected chi connectivity index (χ2v) is 4.81. The molecular weight excluding hydrogens is 226 g/mol. The van der Waals surface area contributed by atoms with Crippen molar-refractivity contribution in [2.75, 3.05) is 18.4 Å². The molecule has 0 atom stereocenters. The van der Waals surface area contributed by atoms with Crippen molar-refractivity contribution >= 4 is 11.7 Å². The maximum Gasteiger partial charge on any atom is 0.251 e. The lowest BCUT2D eigenvalue weighted by atomic mass is 10.2. The number of nitrogens with one attached hydrogen (secondary N) is 2. The van der Waals surface area contributed by atoms with Crippen LogP contribution in [0.3, 0.4) is 0 Å². The van der Waals surface area contributed by atoms with Crippen molar-refractivity contribution in [2.24, 2.45) is 5.92 Å². The van der Waals surface area contributed by atoms with Crippen LogP contribution >= 0.6 is 0 Å². The van der Waals surface area contributed by atoms with E-state index in [-0.39, 0.29) is 5.91 Å². The van der Waals surface area contributed by atoms with E-state index in [9.17, 15) is 4.79 Å². The number of rotatable bonds is 7. The van der Waals surface area contributed by atoms with Gasteiger partial charge in [0.05, 0.1) is 0 Å². The summed E-state index contributed by atoms with van der Waals surface area (Å²) in [5.74, 6) is 1.28. The van der Waals surface area contributed by atoms with Gasteiger partial charge in [0.2, 0.25) is 0 Å². The lowest BCUT2D eigenvalue weighted by Gasteiger charge is -2.09. The number of hydrogen-bond acceptors (Lipinski definition) is 3. The summed E-state index contributed by atoms with van der Waals surface area (Å²) < 4.78 is 0. The Morgan fingerprint density at radius 3 is 2.89 bits per heavy atom. The fourth-order valence-electron chi connectivity index (χ4n) is 1.46. The van der Waals surface area contributed by atoms with Gasteiger partial charge in [0.1, 0.15) is 5.82 Å². The Labute approximate surface area is 109 Å². The van der Waals surface area contributed by atoms with Gasteiger partial charge in [0, 0.05) is 24.8 Å². The molecule has 0 unspecified atom stereocenters. The zero-order valence-electron chi connectivity index (χ0n) is 11.5. The van der Waals surface area contributed by atoms with E-state index in [1.807, 2.05) is 0 Å². The van der Waals surface area contributed by atoms with E-state index < -0.39 is 0 Å². The monoisotopic (exact) mass is 249 g/mol. The molecule has 18 heavy (non-hydrogen) atoms. The zero-order valence-corrected chi connectivity index (χ0v) is 11.5. The molecule has 0 aliphatic heterocycles. The van der Waals surface area contributed by atoms with E-state index in [4.69, 9.17) is 0 Å². The highest BCUT2D eigenvalue weighted by Crippen LogP contribution is 2.07. The minimum Gasteiger partial charge on any atom is -0.370 e. The van der Waals surface area contributed by atoms with Crippen molar-refractivity contribution in [3.05, 3.63) is 23.9 Å². The van der Waals surface area contributed by atoms with E-state index in [2.05, 4.69) is 36.4 Å². The molecule has 0 bridgehead atoms. The summed E-state index contributed by atoms with van der Waals surface area (Å²) in [7, 11) is 0. The normalized spacial score (nSPS) is 10.4. The summed E-state index contributed by atoms with van der Waals surface area (Å²) in [6, 6.07) is 3.53. The van der Waals surface area contributed by atoms with E-state index in [0.29, 0.717) is 11.5 Å². The van der Waals surface area contributed by atoms with Crippen LogP contribution in [-0.4, -0.2) is 24.0 Å². The number of carbonyl (C=O) groups is 1. The molecule has 1 heterocycles. The predicted octanol–water partition coefficient (Wildman–Crippen LogP) is 2.68. The third kappa shape index (κ3) is 5.17. The van der Waals surface area contributed by atoms with Crippen molar-refractivity contribution in [1.29, 1.82) is 0 Å². The Morgan fingerprint density at radius 2 is 2.22 bits per heavy atom. The maximum atomic E-state index is 11.8. The SMILES string of the molecule is CCCCNC(=O)c1ccnc(NCC(C)C)c1. The van der Waals surface area contributed by atoms with Gasteiger partial charge in [-0.15, -0.1) is 0 Å². The van der Waals surface area contributed by atoms with Crippen molar-refractivity contribution in [3.63, 3.8) is 0 Å². The minimum absolute atomic E-state index is 0.0292. The first kappa shape index (κ1) is 14.5. The third-order valence-electron chi connectivity index (χ3n) is 2.53. The molecule has 1 amide bonds. The van der Waals surface area contributed by atoms with Gasteiger partial charge >= 0.3 is 0 Å². The third-order valence-corrected chi connectivity index (χ3v) is 2.53. The summed E-state index contributed by atoms with van der Waals surface area (Å²) in [4.78, 5) is 16.0. The van der Waals surface area contributed by atoms with Crippen molar-refractivity contribution in [1.82, 2.24) is 10.3 Å². The highest BCUT2D eigenvalue weighted by Gasteiger charge is 2.06. The van der Waals surface area contributed by atoms with Crippen LogP contribution in [-0.2, 0) is 0 Å². The number of amides is 1. The van der Waals surface area contributed by atoms with Gasteiger partial charge in [-0.05, 0) is 24.5 Å². The summed E-state index contributed by atoms with van der Waals surface area (Å²) >= 11 is 0. The first-order valence-corrected chi connectivity index (χ1v) is 6.61. The highest BCUT2D eigenvalue weighted by molar-refractivity contribution is 5.94. The molecule has 1 aromatic heterocycles. The predicted molar refractivity (Wildman–Crippen MR) is 74.8 cm³/mol. The smallest absolute Gasteiger partial charge is 0.251 e. The molecule has 2 N–H and O–H groups in total. The zero-order chi connectivity index (χ0) is 13.4. The quantitative estimate of drug-likeness (QED) is 0.730. The number of nitrogens with zero attached hydrogens (tertiary/aromatic N) is 1. The van der Waals surface area contributed by atoms with Crippen LogP contribution in [0.1, 0.15) is 44.0 Å². The maximum absolute atomic E-state index is 11.8. The van der Waals surface area contributed by atoms with Crippen LogP contribution in [0.5, 0.6) is 0 Å². The topological polar surface area (TPSA) is 54.0 Å². The Hall–Kier alpha value is -1.58. The van der Waals surface area contributed by atoms with E-state index in [0.717, 1.165) is 31.7 Å². The van der Waals surface area contributed by atoms with E-state index in [1.165, 1.54) is 0 Å². The number of hydrogen-bond donors (Lipinski definition) is 2. The fraction of sp³-hybridized carbons (Fsp3) is 0.571. The molecule has 0 saturated heterocycles. The summed E-state index contributed by atoms with van der Waals surface area (Å²) in [6.07, 6.45) is 3.75. The Bertz CT molecular complexity index is 377. The van der Waals surface area contributed by atoms with Gasteiger partial charge in [-0.2, -0.15) is 0 Å². The lowest BCUT2D eigenvalue weighted by molar-refractivity contribution is 0.0953. The van der Waals surface area contributed by atoms with Crippen LogP contribution in [0.15, 0.2) is 18.3 Å². The van der Waals surface area contributed by atoms with Gasteiger partial charge in [-0.3, -0.25) is 4.79 Å². The second-order valence-electron chi connectivity index (χ2n) is 4.81. The van der Waals surface area contributed by atoms with Crippen LogP contribution in [0, 0.1) is 5.92 Å². The first-order valence-electron chi connectivity index (χ1n) is 6.61. The van der Waals surface area contributed by atoms with E-state index >= 15 is 0 Å². The molecule has 100 valence electrons. The van der Waals surface area contributed by atoms with Gasteiger partial charge in [0.25, 0.3) is 5.91 Å². The number of unbranched alkanes of at least 4 members (excludes halogenated alkanes) is 1. The Balaban J connectivity index is 2.55. The van der Waals surface area contributed by atoms with Crippen molar-refractivity contribution < 1.29 is 4.79 Å². The number of aromatic nitrogens is 1. The van der Waals surface area contributed by atoms with Gasteiger partial charge in [-0.25, -0.2) is 4.98 Å². The minimum atomic E-state index is -0.0292. The van der Waals surface area contributed by atoms with Crippen molar-refractivity contribution in [3.8, 4) is 0 Å². The molecule has 0 saturated carbocycles.